The number of hydrogen-bond acceptors (Lipinski definition) is 3. The molecular formula is C12H18F3NO3. The van der Waals surface area contributed by atoms with E-state index in [-0.39, 0.29) is 19.4 Å². The number of nitrogens with zero attached hydrogens (tertiary/aromatic N) is 1. The molecule has 0 N–H and O–H groups in total. The number of carbonyl (C=O) groups excluding carboxylic acids is 2. The van der Waals surface area contributed by atoms with Crippen molar-refractivity contribution < 1.29 is 27.5 Å². The monoisotopic (exact) mass is 281 g/mol. The molecule has 7 heteroatoms. The third-order valence-corrected chi connectivity index (χ3v) is 2.75. The summed E-state index contributed by atoms with van der Waals surface area (Å²) in [5.41, 5.74) is -0.803. The van der Waals surface area contributed by atoms with Gasteiger partial charge in [-0.3, -0.25) is 4.79 Å². The number of ether oxygens (including phenoxy) is 1. The minimum absolute atomic E-state index is 0.0175. The Kier molecular flexibility index (Phi) is 4.81. The van der Waals surface area contributed by atoms with Crippen molar-refractivity contribution in [2.45, 2.75) is 51.8 Å². The summed E-state index contributed by atoms with van der Waals surface area (Å²) in [6.45, 7) is 4.50. The molecule has 0 saturated carbocycles. The van der Waals surface area contributed by atoms with Gasteiger partial charge in [0.1, 0.15) is 5.60 Å². The summed E-state index contributed by atoms with van der Waals surface area (Å²) in [5.74, 6) is -1.56. The van der Waals surface area contributed by atoms with Crippen LogP contribution in [0, 0.1) is 5.92 Å². The lowest BCUT2D eigenvalue weighted by Crippen LogP contribution is -2.48. The third-order valence-electron chi connectivity index (χ3n) is 2.75. The molecule has 1 aliphatic rings. The molecule has 0 aromatic heterocycles. The Labute approximate surface area is 109 Å². The van der Waals surface area contributed by atoms with Crippen molar-refractivity contribution in [3.05, 3.63) is 0 Å². The van der Waals surface area contributed by atoms with E-state index in [9.17, 15) is 22.8 Å². The molecule has 2 amide bonds. The minimum atomic E-state index is -3.11. The number of imide groups is 1. The number of hydrogen-bond donors (Lipinski definition) is 0. The van der Waals surface area contributed by atoms with Gasteiger partial charge in [-0.05, 0) is 27.2 Å². The van der Waals surface area contributed by atoms with E-state index in [1.807, 2.05) is 0 Å². The second kappa shape index (κ2) is 5.79. The first-order chi connectivity index (χ1) is 8.61. The Morgan fingerprint density at radius 3 is 2.42 bits per heavy atom. The van der Waals surface area contributed by atoms with Crippen molar-refractivity contribution in [2.75, 3.05) is 6.54 Å². The van der Waals surface area contributed by atoms with Gasteiger partial charge in [0, 0.05) is 18.9 Å². The second-order valence-electron chi connectivity index (χ2n) is 5.56. The van der Waals surface area contributed by atoms with Gasteiger partial charge < -0.3 is 4.74 Å². The fraction of sp³-hybridized carbons (Fsp3) is 0.833. The van der Waals surface area contributed by atoms with Gasteiger partial charge in [-0.15, -0.1) is 0 Å². The van der Waals surface area contributed by atoms with E-state index >= 15 is 0 Å². The van der Waals surface area contributed by atoms with Crippen LogP contribution in [-0.4, -0.2) is 41.6 Å². The summed E-state index contributed by atoms with van der Waals surface area (Å²) in [5, 5.41) is 0. The van der Waals surface area contributed by atoms with Gasteiger partial charge in [0.15, 0.2) is 6.17 Å². The average Bonchev–Trinajstić information content (AvgIpc) is 2.26. The van der Waals surface area contributed by atoms with E-state index in [1.165, 1.54) is 0 Å². The number of amides is 2. The fourth-order valence-electron chi connectivity index (χ4n) is 1.83. The first kappa shape index (κ1) is 15.8. The maximum Gasteiger partial charge on any atom is 0.417 e. The molecule has 0 aromatic rings. The average molecular weight is 281 g/mol. The highest BCUT2D eigenvalue weighted by Gasteiger charge is 2.39. The molecule has 0 spiro atoms. The van der Waals surface area contributed by atoms with Gasteiger partial charge in [-0.25, -0.2) is 22.9 Å². The van der Waals surface area contributed by atoms with E-state index < -0.39 is 36.1 Å². The maximum atomic E-state index is 13.3. The lowest BCUT2D eigenvalue weighted by atomic mass is 9.93. The molecule has 1 saturated heterocycles. The lowest BCUT2D eigenvalue weighted by molar-refractivity contribution is -0.135. The first-order valence-electron chi connectivity index (χ1n) is 6.07. The fourth-order valence-corrected chi connectivity index (χ4v) is 1.83. The lowest BCUT2D eigenvalue weighted by Gasteiger charge is -2.33. The van der Waals surface area contributed by atoms with Gasteiger partial charge in [-0.1, -0.05) is 0 Å². The highest BCUT2D eigenvalue weighted by Crippen LogP contribution is 2.27. The predicted molar refractivity (Wildman–Crippen MR) is 61.6 cm³/mol. The normalized spacial score (nSPS) is 22.6. The van der Waals surface area contributed by atoms with Crippen LogP contribution in [0.3, 0.4) is 0 Å². The van der Waals surface area contributed by atoms with Crippen LogP contribution in [0.15, 0.2) is 0 Å². The molecule has 2 atom stereocenters. The Morgan fingerprint density at radius 1 is 1.37 bits per heavy atom. The molecule has 0 aliphatic carbocycles. The summed E-state index contributed by atoms with van der Waals surface area (Å²) >= 11 is 0. The van der Waals surface area contributed by atoms with E-state index in [4.69, 9.17) is 4.74 Å². The quantitative estimate of drug-likeness (QED) is 0.782. The Hall–Kier alpha value is -1.27. The summed E-state index contributed by atoms with van der Waals surface area (Å²) in [7, 11) is 0. The zero-order valence-electron chi connectivity index (χ0n) is 11.2. The Morgan fingerprint density at radius 2 is 1.95 bits per heavy atom. The number of alkyl halides is 3. The molecule has 1 fully saturated rings. The number of rotatable bonds is 2. The van der Waals surface area contributed by atoms with Crippen molar-refractivity contribution in [3.63, 3.8) is 0 Å². The summed E-state index contributed by atoms with van der Waals surface area (Å²) in [4.78, 5) is 24.0. The van der Waals surface area contributed by atoms with E-state index in [0.29, 0.717) is 4.90 Å². The van der Waals surface area contributed by atoms with Gasteiger partial charge in [0.05, 0.1) is 0 Å². The molecular weight excluding hydrogens is 263 g/mol. The highest BCUT2D eigenvalue weighted by molar-refractivity contribution is 5.92. The molecule has 0 bridgehead atoms. The maximum absolute atomic E-state index is 13.3. The van der Waals surface area contributed by atoms with Crippen LogP contribution in [0.4, 0.5) is 18.0 Å². The predicted octanol–water partition coefficient (Wildman–Crippen LogP) is 2.76. The molecule has 1 rings (SSSR count). The Balaban J connectivity index is 2.71. The van der Waals surface area contributed by atoms with Gasteiger partial charge in [-0.2, -0.15) is 0 Å². The highest BCUT2D eigenvalue weighted by atomic mass is 19.3. The molecule has 110 valence electrons. The van der Waals surface area contributed by atoms with Crippen LogP contribution in [-0.2, 0) is 9.53 Å². The van der Waals surface area contributed by atoms with E-state index in [0.717, 1.165) is 0 Å². The zero-order chi connectivity index (χ0) is 14.8. The van der Waals surface area contributed by atoms with Crippen LogP contribution in [0.2, 0.25) is 0 Å². The van der Waals surface area contributed by atoms with E-state index in [1.54, 1.807) is 20.8 Å². The Bertz CT molecular complexity index is 355. The van der Waals surface area contributed by atoms with Crippen molar-refractivity contribution in [3.8, 4) is 0 Å². The van der Waals surface area contributed by atoms with Crippen LogP contribution >= 0.6 is 0 Å². The van der Waals surface area contributed by atoms with Gasteiger partial charge >= 0.3 is 6.09 Å². The summed E-state index contributed by atoms with van der Waals surface area (Å²) in [6.07, 6.45) is -6.47. The smallest absolute Gasteiger partial charge is 0.417 e. The SMILES string of the molecule is CC(C)(C)OC(=O)N1CC(C(F)C(F)F)CCC1=O. The van der Waals surface area contributed by atoms with E-state index in [2.05, 4.69) is 0 Å². The minimum Gasteiger partial charge on any atom is -0.443 e. The zero-order valence-corrected chi connectivity index (χ0v) is 11.2. The number of carbonyl (C=O) groups is 2. The van der Waals surface area contributed by atoms with Gasteiger partial charge in [0.2, 0.25) is 5.91 Å². The van der Waals surface area contributed by atoms with Crippen LogP contribution in [0.1, 0.15) is 33.6 Å². The largest absolute Gasteiger partial charge is 0.443 e. The van der Waals surface area contributed by atoms with Crippen LogP contribution in [0.25, 0.3) is 0 Å². The molecule has 0 aromatic carbocycles. The molecule has 0 radical (unpaired) electrons. The number of piperidine rings is 1. The summed E-state index contributed by atoms with van der Waals surface area (Å²) < 4.78 is 42.9. The van der Waals surface area contributed by atoms with Gasteiger partial charge in [0.25, 0.3) is 6.43 Å². The molecule has 19 heavy (non-hydrogen) atoms. The van der Waals surface area contributed by atoms with Crippen molar-refractivity contribution >= 4 is 12.0 Å². The standard InChI is InChI=1S/C12H18F3NO3/c1-12(2,3)19-11(18)16-6-7(4-5-8(16)17)9(13)10(14)15/h7,9-10H,4-6H2,1-3H3. The van der Waals surface area contributed by atoms with Crippen LogP contribution in [0.5, 0.6) is 0 Å². The first-order valence-corrected chi connectivity index (χ1v) is 6.07. The van der Waals surface area contributed by atoms with Crippen molar-refractivity contribution in [2.24, 2.45) is 5.92 Å². The molecule has 1 aliphatic heterocycles. The molecule has 1 heterocycles. The topological polar surface area (TPSA) is 46.6 Å². The number of likely N-dealkylation sites (tertiary alicyclic amines) is 1. The molecule has 4 nitrogen and oxygen atoms in total. The third kappa shape index (κ3) is 4.40. The van der Waals surface area contributed by atoms with Crippen molar-refractivity contribution in [1.82, 2.24) is 4.90 Å². The van der Waals surface area contributed by atoms with Crippen LogP contribution < -0.4 is 0 Å². The second-order valence-corrected chi connectivity index (χ2v) is 5.56. The molecule has 2 unspecified atom stereocenters. The summed E-state index contributed by atoms with van der Waals surface area (Å²) in [6, 6.07) is 0. The van der Waals surface area contributed by atoms with Crippen molar-refractivity contribution in [1.29, 1.82) is 0 Å². The number of halogens is 3.